The highest BCUT2D eigenvalue weighted by Gasteiger charge is 1.95. The molecule has 0 aromatic carbocycles. The number of rotatable bonds is 3. The van der Waals surface area contributed by atoms with Gasteiger partial charge in [-0.05, 0) is 18.2 Å². The van der Waals surface area contributed by atoms with Crippen LogP contribution in [0, 0.1) is 0 Å². The number of carbonyl (C=O) groups is 1. The summed E-state index contributed by atoms with van der Waals surface area (Å²) >= 11 is 5.79. The predicted molar refractivity (Wildman–Crippen MR) is 53.4 cm³/mol. The number of primary amides is 1. The predicted octanol–water partition coefficient (Wildman–Crippen LogP) is 1.65. The van der Waals surface area contributed by atoms with Gasteiger partial charge in [0.1, 0.15) is 8.11 Å². The lowest BCUT2D eigenvalue weighted by Crippen LogP contribution is -2.04. The zero-order chi connectivity index (χ0) is 9.28. The van der Waals surface area contributed by atoms with E-state index in [9.17, 15) is 4.79 Å². The summed E-state index contributed by atoms with van der Waals surface area (Å²) in [7, 11) is -0.688. The van der Waals surface area contributed by atoms with Gasteiger partial charge in [-0.3, -0.25) is 4.79 Å². The molecule has 66 valence electrons. The van der Waals surface area contributed by atoms with Crippen LogP contribution in [0.5, 0.6) is 0 Å². The highest BCUT2D eigenvalue weighted by atomic mass is 35.6. The lowest BCUT2D eigenvalue weighted by molar-refractivity contribution is -0.113. The molecule has 0 aliphatic carbocycles. The highest BCUT2D eigenvalue weighted by Crippen LogP contribution is 2.00. The van der Waals surface area contributed by atoms with Crippen molar-refractivity contribution < 1.29 is 4.79 Å². The maximum Gasteiger partial charge on any atom is 0.240 e. The Hall–Kier alpha value is -0.283. The zero-order valence-electron chi connectivity index (χ0n) is 7.14. The topological polar surface area (TPSA) is 43.1 Å². The van der Waals surface area contributed by atoms with Gasteiger partial charge < -0.3 is 5.73 Å². The summed E-state index contributed by atoms with van der Waals surface area (Å²) in [5.41, 5.74) is 4.53. The molecule has 0 fully saturated rings. The minimum atomic E-state index is -0.688. The Kier molecular flexibility index (Phi) is 11.8. The minimum absolute atomic E-state index is 0.481. The van der Waals surface area contributed by atoms with E-state index in [-0.39, 0.29) is 0 Å². The molecule has 0 atom stereocenters. The van der Waals surface area contributed by atoms with Crippen molar-refractivity contribution in [1.29, 1.82) is 0 Å². The summed E-state index contributed by atoms with van der Waals surface area (Å²) in [6, 6.07) is 2.47. The van der Waals surface area contributed by atoms with Crippen molar-refractivity contribution in [2.45, 2.75) is 25.9 Å². The second-order valence-electron chi connectivity index (χ2n) is 2.02. The van der Waals surface area contributed by atoms with Crippen molar-refractivity contribution >= 4 is 25.1 Å². The molecule has 2 N–H and O–H groups in total. The Bertz CT molecular complexity index is 115. The van der Waals surface area contributed by atoms with Crippen molar-refractivity contribution in [2.75, 3.05) is 0 Å². The molecule has 0 rings (SSSR count). The first-order chi connectivity index (χ1) is 5.08. The van der Waals surface area contributed by atoms with Crippen LogP contribution < -0.4 is 5.73 Å². The van der Waals surface area contributed by atoms with Gasteiger partial charge >= 0.3 is 0 Å². The number of carbonyl (C=O) groups excluding carboxylic acids is 1. The molecule has 0 spiro atoms. The van der Waals surface area contributed by atoms with Crippen LogP contribution in [0.4, 0.5) is 0 Å². The van der Waals surface area contributed by atoms with Crippen LogP contribution in [-0.2, 0) is 4.79 Å². The molecule has 2 nitrogen and oxygen atoms in total. The third kappa shape index (κ3) is 17.7. The standard InChI is InChI=1S/C4H11ClSi.C3H5NO/c1-3-6(5)4-2;1-2-3(4)5/h6H,3-4H2,1-2H3;2H,1H2,(H2,4,5). The first-order valence-corrected chi connectivity index (χ1v) is 7.02. The minimum Gasteiger partial charge on any atom is -0.366 e. The van der Waals surface area contributed by atoms with Gasteiger partial charge in [-0.15, -0.1) is 0 Å². The lowest BCUT2D eigenvalue weighted by Gasteiger charge is -1.92. The van der Waals surface area contributed by atoms with Gasteiger partial charge in [-0.1, -0.05) is 20.4 Å². The second kappa shape index (κ2) is 9.72. The molecule has 1 amide bonds. The summed E-state index contributed by atoms with van der Waals surface area (Å²) in [4.78, 5) is 9.47. The smallest absolute Gasteiger partial charge is 0.240 e. The zero-order valence-corrected chi connectivity index (χ0v) is 9.05. The summed E-state index contributed by atoms with van der Waals surface area (Å²) in [5, 5.41) is 0. The average Bonchev–Trinajstić information content (AvgIpc) is 2.04. The first kappa shape index (κ1) is 13.3. The molecule has 11 heavy (non-hydrogen) atoms. The Morgan fingerprint density at radius 1 is 1.64 bits per heavy atom. The van der Waals surface area contributed by atoms with E-state index in [1.807, 2.05) is 0 Å². The van der Waals surface area contributed by atoms with Gasteiger partial charge in [0.2, 0.25) is 5.91 Å². The average molecular weight is 194 g/mol. The Balaban J connectivity index is 0. The fraction of sp³-hybridized carbons (Fsp3) is 0.571. The van der Waals surface area contributed by atoms with Gasteiger partial charge in [0, 0.05) is 0 Å². The molecule has 0 aliphatic heterocycles. The van der Waals surface area contributed by atoms with Crippen molar-refractivity contribution in [2.24, 2.45) is 5.73 Å². The maximum atomic E-state index is 9.47. The normalized spacial score (nSPS) is 8.36. The Morgan fingerprint density at radius 2 is 1.91 bits per heavy atom. The van der Waals surface area contributed by atoms with Crippen LogP contribution in [0.15, 0.2) is 12.7 Å². The third-order valence-corrected chi connectivity index (χ3v) is 4.71. The first-order valence-electron chi connectivity index (χ1n) is 3.64. The van der Waals surface area contributed by atoms with Crippen LogP contribution in [0.3, 0.4) is 0 Å². The van der Waals surface area contributed by atoms with E-state index in [0.29, 0.717) is 0 Å². The van der Waals surface area contributed by atoms with Crippen LogP contribution in [0.25, 0.3) is 0 Å². The largest absolute Gasteiger partial charge is 0.366 e. The third-order valence-electron chi connectivity index (χ3n) is 1.09. The van der Waals surface area contributed by atoms with Crippen LogP contribution in [0.1, 0.15) is 13.8 Å². The van der Waals surface area contributed by atoms with E-state index in [1.165, 1.54) is 12.1 Å². The summed E-state index contributed by atoms with van der Waals surface area (Å²) in [6.45, 7) is 7.41. The SMILES string of the molecule is C=CC(N)=O.CC[SiH](Cl)CC. The lowest BCUT2D eigenvalue weighted by atomic mass is 10.6. The van der Waals surface area contributed by atoms with E-state index in [0.717, 1.165) is 6.08 Å². The van der Waals surface area contributed by atoms with Gasteiger partial charge in [-0.2, -0.15) is 11.1 Å². The van der Waals surface area contributed by atoms with E-state index in [2.05, 4.69) is 26.2 Å². The molecular formula is C7H16ClNOSi. The number of hydrogen-bond donors (Lipinski definition) is 1. The molecule has 0 bridgehead atoms. The molecule has 0 aliphatic rings. The quantitative estimate of drug-likeness (QED) is 0.414. The van der Waals surface area contributed by atoms with Crippen LogP contribution in [0.2, 0.25) is 12.1 Å². The summed E-state index contributed by atoms with van der Waals surface area (Å²) < 4.78 is 0. The Labute approximate surface area is 74.7 Å². The number of amides is 1. The van der Waals surface area contributed by atoms with Crippen LogP contribution in [-0.4, -0.2) is 14.0 Å². The fourth-order valence-electron chi connectivity index (χ4n) is 0.289. The molecule has 0 saturated heterocycles. The number of nitrogens with two attached hydrogens (primary N) is 1. The van der Waals surface area contributed by atoms with Crippen molar-refractivity contribution in [3.05, 3.63) is 12.7 Å². The maximum absolute atomic E-state index is 9.47. The number of hydrogen-bond acceptors (Lipinski definition) is 1. The Morgan fingerprint density at radius 3 is 1.91 bits per heavy atom. The van der Waals surface area contributed by atoms with Gasteiger partial charge in [0.05, 0.1) is 0 Å². The van der Waals surface area contributed by atoms with E-state index in [4.69, 9.17) is 11.1 Å². The van der Waals surface area contributed by atoms with Crippen LogP contribution >= 0.6 is 11.1 Å². The van der Waals surface area contributed by atoms with Gasteiger partial charge in [0.15, 0.2) is 0 Å². The van der Waals surface area contributed by atoms with Crippen molar-refractivity contribution in [3.8, 4) is 0 Å². The van der Waals surface area contributed by atoms with Crippen molar-refractivity contribution in [3.63, 3.8) is 0 Å². The molecule has 0 saturated carbocycles. The molecule has 0 aromatic heterocycles. The molecule has 0 radical (unpaired) electrons. The van der Waals surface area contributed by atoms with E-state index in [1.54, 1.807) is 0 Å². The summed E-state index contributed by atoms with van der Waals surface area (Å²) in [6.07, 6.45) is 1.06. The van der Waals surface area contributed by atoms with Gasteiger partial charge in [-0.25, -0.2) is 0 Å². The number of halogens is 1. The van der Waals surface area contributed by atoms with E-state index < -0.39 is 14.0 Å². The summed E-state index contributed by atoms with van der Waals surface area (Å²) in [5.74, 6) is -0.481. The molecule has 0 heterocycles. The molecule has 0 aromatic rings. The van der Waals surface area contributed by atoms with Crippen molar-refractivity contribution in [1.82, 2.24) is 0 Å². The molecular weight excluding hydrogens is 178 g/mol. The highest BCUT2D eigenvalue weighted by molar-refractivity contribution is 7.06. The van der Waals surface area contributed by atoms with Gasteiger partial charge in [0.25, 0.3) is 0 Å². The monoisotopic (exact) mass is 193 g/mol. The molecule has 4 heteroatoms. The fourth-order valence-corrected chi connectivity index (χ4v) is 0.866. The second-order valence-corrected chi connectivity index (χ2v) is 6.70. The van der Waals surface area contributed by atoms with E-state index >= 15 is 0 Å². The molecule has 0 unspecified atom stereocenters.